The second kappa shape index (κ2) is 7.62. The molecule has 0 aliphatic carbocycles. The van der Waals surface area contributed by atoms with Crippen LogP contribution in [0.5, 0.6) is 11.5 Å². The lowest BCUT2D eigenvalue weighted by molar-refractivity contribution is 0.0381. The predicted octanol–water partition coefficient (Wildman–Crippen LogP) is 2.65. The number of methoxy groups -OCH3 is 2. The molecule has 136 valence electrons. The van der Waals surface area contributed by atoms with E-state index in [1.54, 1.807) is 14.2 Å². The van der Waals surface area contributed by atoms with E-state index in [2.05, 4.69) is 25.7 Å². The summed E-state index contributed by atoms with van der Waals surface area (Å²) in [5.41, 5.74) is 7.27. The molecule has 1 aromatic carbocycles. The topological polar surface area (TPSA) is 68.0 Å². The first-order valence-corrected chi connectivity index (χ1v) is 8.65. The van der Waals surface area contributed by atoms with Crippen molar-refractivity contribution in [3.8, 4) is 11.5 Å². The van der Waals surface area contributed by atoms with Crippen molar-refractivity contribution in [1.29, 1.82) is 0 Å². The van der Waals surface area contributed by atoms with Gasteiger partial charge in [-0.1, -0.05) is 20.8 Å². The Morgan fingerprint density at radius 3 is 2.46 bits per heavy atom. The van der Waals surface area contributed by atoms with Crippen molar-refractivity contribution in [2.75, 3.05) is 32.2 Å². The molecule has 1 heterocycles. The molecule has 0 aromatic heterocycles. The highest BCUT2D eigenvalue weighted by molar-refractivity contribution is 5.56. The Bertz CT molecular complexity index is 542. The van der Waals surface area contributed by atoms with E-state index in [4.69, 9.17) is 15.2 Å². The fourth-order valence-electron chi connectivity index (χ4n) is 3.32. The number of nitrogens with two attached hydrogens (primary N) is 1. The minimum absolute atomic E-state index is 0.101. The number of piperidine rings is 1. The first kappa shape index (κ1) is 18.9. The molecule has 0 saturated carbocycles. The molecule has 0 bridgehead atoms. The van der Waals surface area contributed by atoms with Gasteiger partial charge in [0.25, 0.3) is 0 Å². The van der Waals surface area contributed by atoms with Gasteiger partial charge >= 0.3 is 0 Å². The van der Waals surface area contributed by atoms with Gasteiger partial charge in [0.15, 0.2) is 11.5 Å². The summed E-state index contributed by atoms with van der Waals surface area (Å²) in [7, 11) is 3.28. The zero-order chi connectivity index (χ0) is 17.9. The summed E-state index contributed by atoms with van der Waals surface area (Å²) < 4.78 is 10.7. The molecule has 5 nitrogen and oxygen atoms in total. The highest BCUT2D eigenvalue weighted by Crippen LogP contribution is 2.34. The number of ether oxygens (including phenoxy) is 2. The summed E-state index contributed by atoms with van der Waals surface area (Å²) in [4.78, 5) is 2.29. The molecule has 0 amide bonds. The highest BCUT2D eigenvalue weighted by atomic mass is 16.5. The molecular weight excluding hydrogens is 304 g/mol. The minimum Gasteiger partial charge on any atom is -0.493 e. The summed E-state index contributed by atoms with van der Waals surface area (Å²) in [6.45, 7) is 7.94. The summed E-state index contributed by atoms with van der Waals surface area (Å²) in [5, 5.41) is 10.4. The van der Waals surface area contributed by atoms with Crippen LogP contribution in [0.2, 0.25) is 0 Å². The van der Waals surface area contributed by atoms with Gasteiger partial charge in [0, 0.05) is 30.9 Å². The van der Waals surface area contributed by atoms with E-state index in [9.17, 15) is 5.11 Å². The van der Waals surface area contributed by atoms with Gasteiger partial charge < -0.3 is 25.2 Å². The van der Waals surface area contributed by atoms with E-state index in [0.717, 1.165) is 43.1 Å². The van der Waals surface area contributed by atoms with Crippen molar-refractivity contribution < 1.29 is 14.6 Å². The lowest BCUT2D eigenvalue weighted by Gasteiger charge is -2.40. The van der Waals surface area contributed by atoms with Gasteiger partial charge in [0.05, 0.1) is 20.3 Å². The molecular formula is C19H32N2O3. The predicted molar refractivity (Wildman–Crippen MR) is 97.9 cm³/mol. The average Bonchev–Trinajstić information content (AvgIpc) is 2.52. The molecule has 1 aliphatic heterocycles. The standard InChI is InChI=1S/C19H32N2O3/c1-19(2,3)18(22)9-13-8-14(20)12-21(11-13)15-6-7-16(23-4)17(10-15)24-5/h6-7,10,13-14,18,22H,8-9,11-12,20H2,1-5H3. The third-order valence-electron chi connectivity index (χ3n) is 4.86. The smallest absolute Gasteiger partial charge is 0.162 e. The Balaban J connectivity index is 2.13. The van der Waals surface area contributed by atoms with Crippen LogP contribution in [0.25, 0.3) is 0 Å². The zero-order valence-electron chi connectivity index (χ0n) is 15.6. The maximum absolute atomic E-state index is 10.4. The van der Waals surface area contributed by atoms with Crippen molar-refractivity contribution in [2.24, 2.45) is 17.1 Å². The number of rotatable bonds is 5. The molecule has 3 unspecified atom stereocenters. The molecule has 24 heavy (non-hydrogen) atoms. The van der Waals surface area contributed by atoms with Gasteiger partial charge in [-0.05, 0) is 36.3 Å². The highest BCUT2D eigenvalue weighted by Gasteiger charge is 2.31. The minimum atomic E-state index is -0.319. The van der Waals surface area contributed by atoms with Crippen molar-refractivity contribution in [1.82, 2.24) is 0 Å². The van der Waals surface area contributed by atoms with E-state index >= 15 is 0 Å². The Morgan fingerprint density at radius 1 is 1.21 bits per heavy atom. The number of aliphatic hydroxyl groups is 1. The average molecular weight is 336 g/mol. The van der Waals surface area contributed by atoms with Crippen molar-refractivity contribution >= 4 is 5.69 Å². The second-order valence-corrected chi connectivity index (χ2v) is 7.92. The maximum atomic E-state index is 10.4. The molecule has 3 atom stereocenters. The monoisotopic (exact) mass is 336 g/mol. The molecule has 1 aliphatic rings. The van der Waals surface area contributed by atoms with Crippen LogP contribution < -0.4 is 20.1 Å². The van der Waals surface area contributed by atoms with E-state index in [1.807, 2.05) is 18.2 Å². The third-order valence-corrected chi connectivity index (χ3v) is 4.86. The van der Waals surface area contributed by atoms with Gasteiger partial charge in [-0.2, -0.15) is 0 Å². The Kier molecular flexibility index (Phi) is 5.99. The normalized spacial score (nSPS) is 23.0. The van der Waals surface area contributed by atoms with Crippen LogP contribution in [0.4, 0.5) is 5.69 Å². The van der Waals surface area contributed by atoms with Crippen LogP contribution >= 0.6 is 0 Å². The SMILES string of the molecule is COc1ccc(N2CC(N)CC(CC(O)C(C)(C)C)C2)cc1OC. The van der Waals surface area contributed by atoms with Gasteiger partial charge in [-0.15, -0.1) is 0 Å². The van der Waals surface area contributed by atoms with Gasteiger partial charge in [0.2, 0.25) is 0 Å². The molecule has 2 rings (SSSR count). The number of anilines is 1. The van der Waals surface area contributed by atoms with Crippen LogP contribution in [-0.4, -0.2) is 44.6 Å². The lowest BCUT2D eigenvalue weighted by atomic mass is 9.80. The molecule has 0 radical (unpaired) electrons. The largest absolute Gasteiger partial charge is 0.493 e. The number of benzene rings is 1. The summed E-state index contributed by atoms with van der Waals surface area (Å²) in [5.74, 6) is 1.83. The second-order valence-electron chi connectivity index (χ2n) is 7.92. The van der Waals surface area contributed by atoms with Crippen LogP contribution in [0.1, 0.15) is 33.6 Å². The first-order valence-electron chi connectivity index (χ1n) is 8.65. The molecule has 1 saturated heterocycles. The van der Waals surface area contributed by atoms with Crippen LogP contribution in [0.3, 0.4) is 0 Å². The van der Waals surface area contributed by atoms with Crippen molar-refractivity contribution in [3.63, 3.8) is 0 Å². The number of hydrogen-bond acceptors (Lipinski definition) is 5. The van der Waals surface area contributed by atoms with E-state index in [0.29, 0.717) is 5.92 Å². The third kappa shape index (κ3) is 4.54. The van der Waals surface area contributed by atoms with E-state index in [1.165, 1.54) is 0 Å². The summed E-state index contributed by atoms with van der Waals surface area (Å²) in [6, 6.07) is 6.07. The molecule has 0 spiro atoms. The Hall–Kier alpha value is -1.46. The van der Waals surface area contributed by atoms with E-state index in [-0.39, 0.29) is 17.6 Å². The molecule has 1 fully saturated rings. The Morgan fingerprint density at radius 2 is 1.88 bits per heavy atom. The molecule has 5 heteroatoms. The van der Waals surface area contributed by atoms with Crippen molar-refractivity contribution in [2.45, 2.75) is 45.8 Å². The lowest BCUT2D eigenvalue weighted by Crippen LogP contribution is -2.48. The fraction of sp³-hybridized carbons (Fsp3) is 0.684. The first-order chi connectivity index (χ1) is 11.2. The van der Waals surface area contributed by atoms with Gasteiger partial charge in [0.1, 0.15) is 0 Å². The molecule has 1 aromatic rings. The fourth-order valence-corrected chi connectivity index (χ4v) is 3.32. The van der Waals surface area contributed by atoms with Crippen LogP contribution in [-0.2, 0) is 0 Å². The number of hydrogen-bond donors (Lipinski definition) is 2. The number of nitrogens with zero attached hydrogens (tertiary/aromatic N) is 1. The summed E-state index contributed by atoms with van der Waals surface area (Å²) >= 11 is 0. The quantitative estimate of drug-likeness (QED) is 0.865. The number of aliphatic hydroxyl groups excluding tert-OH is 1. The van der Waals surface area contributed by atoms with Gasteiger partial charge in [-0.25, -0.2) is 0 Å². The Labute approximate surface area is 145 Å². The van der Waals surface area contributed by atoms with Crippen LogP contribution in [0, 0.1) is 11.3 Å². The van der Waals surface area contributed by atoms with Gasteiger partial charge in [-0.3, -0.25) is 0 Å². The van der Waals surface area contributed by atoms with Crippen LogP contribution in [0.15, 0.2) is 18.2 Å². The van der Waals surface area contributed by atoms with Crippen molar-refractivity contribution in [3.05, 3.63) is 18.2 Å². The summed E-state index contributed by atoms with van der Waals surface area (Å²) in [6.07, 6.45) is 1.41. The van der Waals surface area contributed by atoms with E-state index < -0.39 is 0 Å². The molecule has 3 N–H and O–H groups in total. The zero-order valence-corrected chi connectivity index (χ0v) is 15.6. The maximum Gasteiger partial charge on any atom is 0.162 e.